The van der Waals surface area contributed by atoms with Crippen LogP contribution in [-0.2, 0) is 0 Å². The lowest BCUT2D eigenvalue weighted by atomic mass is 10.3. The SMILES string of the molecule is COc1ccccc1OC([N+](=O)[O-])[N+](=O)[O-]. The van der Waals surface area contributed by atoms with Gasteiger partial charge >= 0.3 is 6.35 Å². The fourth-order valence-corrected chi connectivity index (χ4v) is 0.993. The molecule has 0 radical (unpaired) electrons. The van der Waals surface area contributed by atoms with E-state index in [9.17, 15) is 20.2 Å². The first kappa shape index (κ1) is 11.7. The number of hydrogen-bond donors (Lipinski definition) is 0. The van der Waals surface area contributed by atoms with Crippen LogP contribution in [0.5, 0.6) is 11.5 Å². The van der Waals surface area contributed by atoms with E-state index in [1.54, 1.807) is 6.07 Å². The lowest BCUT2D eigenvalue weighted by Gasteiger charge is -2.08. The number of methoxy groups -OCH3 is 1. The number of para-hydroxylation sites is 2. The molecule has 0 spiro atoms. The lowest BCUT2D eigenvalue weighted by molar-refractivity contribution is -0.781. The van der Waals surface area contributed by atoms with E-state index in [-0.39, 0.29) is 11.5 Å². The van der Waals surface area contributed by atoms with Crippen molar-refractivity contribution in [1.82, 2.24) is 0 Å². The topological polar surface area (TPSA) is 105 Å². The molecule has 0 unspecified atom stereocenters. The van der Waals surface area contributed by atoms with Crippen LogP contribution in [0, 0.1) is 20.2 Å². The molecule has 0 aliphatic heterocycles. The number of nitro groups is 2. The van der Waals surface area contributed by atoms with Gasteiger partial charge in [0, 0.05) is 0 Å². The molecule has 0 atom stereocenters. The second kappa shape index (κ2) is 4.91. The molecule has 8 heteroatoms. The highest BCUT2D eigenvalue weighted by Crippen LogP contribution is 2.26. The maximum Gasteiger partial charge on any atom is 0.612 e. The average Bonchev–Trinajstić information content (AvgIpc) is 2.25. The van der Waals surface area contributed by atoms with E-state index < -0.39 is 16.2 Å². The van der Waals surface area contributed by atoms with Crippen LogP contribution in [0.25, 0.3) is 0 Å². The molecular weight excluding hydrogens is 220 g/mol. The van der Waals surface area contributed by atoms with E-state index in [0.717, 1.165) is 0 Å². The molecule has 0 fully saturated rings. The van der Waals surface area contributed by atoms with Crippen LogP contribution < -0.4 is 9.47 Å². The summed E-state index contributed by atoms with van der Waals surface area (Å²) in [5.74, 6) is 0.139. The van der Waals surface area contributed by atoms with Gasteiger partial charge in [-0.2, -0.15) is 0 Å². The van der Waals surface area contributed by atoms with Gasteiger partial charge in [-0.05, 0) is 12.1 Å². The molecule has 0 bridgehead atoms. The van der Waals surface area contributed by atoms with Gasteiger partial charge in [0.2, 0.25) is 0 Å². The Kier molecular flexibility index (Phi) is 3.59. The molecule has 0 saturated heterocycles. The van der Waals surface area contributed by atoms with Crippen LogP contribution in [0.15, 0.2) is 24.3 Å². The third-order valence-corrected chi connectivity index (χ3v) is 1.66. The second-order valence-electron chi connectivity index (χ2n) is 2.67. The Morgan fingerprint density at radius 2 is 1.62 bits per heavy atom. The molecule has 1 aromatic rings. The number of rotatable bonds is 5. The van der Waals surface area contributed by atoms with Gasteiger partial charge in [0.25, 0.3) is 0 Å². The minimum atomic E-state index is -2.34. The normalized spacial score (nSPS) is 9.88. The van der Waals surface area contributed by atoms with Crippen molar-refractivity contribution in [3.05, 3.63) is 44.5 Å². The van der Waals surface area contributed by atoms with Crippen molar-refractivity contribution in [2.45, 2.75) is 6.35 Å². The second-order valence-corrected chi connectivity index (χ2v) is 2.67. The van der Waals surface area contributed by atoms with Crippen molar-refractivity contribution >= 4 is 0 Å². The van der Waals surface area contributed by atoms with Crippen LogP contribution in [0.3, 0.4) is 0 Å². The molecule has 0 saturated carbocycles. The average molecular weight is 228 g/mol. The minimum absolute atomic E-state index is 0.0524. The van der Waals surface area contributed by atoms with Gasteiger partial charge < -0.3 is 9.47 Å². The quantitative estimate of drug-likeness (QED) is 0.421. The van der Waals surface area contributed by atoms with Gasteiger partial charge in [-0.25, -0.2) is 0 Å². The fourth-order valence-electron chi connectivity index (χ4n) is 0.993. The van der Waals surface area contributed by atoms with Gasteiger partial charge in [-0.3, -0.25) is 20.2 Å². The van der Waals surface area contributed by atoms with Crippen LogP contribution >= 0.6 is 0 Å². The molecule has 16 heavy (non-hydrogen) atoms. The monoisotopic (exact) mass is 228 g/mol. The van der Waals surface area contributed by atoms with Crippen molar-refractivity contribution in [2.75, 3.05) is 7.11 Å². The minimum Gasteiger partial charge on any atom is -0.493 e. The highest BCUT2D eigenvalue weighted by molar-refractivity contribution is 5.39. The first-order valence-corrected chi connectivity index (χ1v) is 4.13. The van der Waals surface area contributed by atoms with Crippen LogP contribution in [0.1, 0.15) is 0 Å². The van der Waals surface area contributed by atoms with E-state index in [0.29, 0.717) is 0 Å². The summed E-state index contributed by atoms with van der Waals surface area (Å²) in [5, 5.41) is 20.7. The molecule has 0 aliphatic rings. The van der Waals surface area contributed by atoms with Crippen molar-refractivity contribution in [1.29, 1.82) is 0 Å². The Labute approximate surface area is 89.7 Å². The van der Waals surface area contributed by atoms with Gasteiger partial charge in [-0.15, -0.1) is 0 Å². The summed E-state index contributed by atoms with van der Waals surface area (Å²) in [5.41, 5.74) is 0. The predicted molar refractivity (Wildman–Crippen MR) is 51.4 cm³/mol. The van der Waals surface area contributed by atoms with Gasteiger partial charge in [0.05, 0.1) is 7.11 Å². The van der Waals surface area contributed by atoms with Crippen molar-refractivity contribution < 1.29 is 19.3 Å². The Morgan fingerprint density at radius 1 is 1.12 bits per heavy atom. The van der Waals surface area contributed by atoms with E-state index >= 15 is 0 Å². The van der Waals surface area contributed by atoms with Crippen LogP contribution in [-0.4, -0.2) is 23.3 Å². The number of benzene rings is 1. The predicted octanol–water partition coefficient (Wildman–Crippen LogP) is 0.911. The largest absolute Gasteiger partial charge is 0.612 e. The molecule has 0 aromatic heterocycles. The standard InChI is InChI=1S/C8H8N2O6/c1-15-6-4-2-3-5-7(6)16-8(9(11)12)10(13)14/h2-5,8H,1H3. The molecule has 0 heterocycles. The summed E-state index contributed by atoms with van der Waals surface area (Å²) < 4.78 is 9.47. The maximum absolute atomic E-state index is 10.3. The van der Waals surface area contributed by atoms with Crippen LogP contribution in [0.4, 0.5) is 0 Å². The van der Waals surface area contributed by atoms with Crippen molar-refractivity contribution in [3.63, 3.8) is 0 Å². The van der Waals surface area contributed by atoms with E-state index in [1.165, 1.54) is 25.3 Å². The summed E-state index contributed by atoms with van der Waals surface area (Å²) in [6, 6.07) is 5.96. The highest BCUT2D eigenvalue weighted by Gasteiger charge is 2.35. The smallest absolute Gasteiger partial charge is 0.493 e. The summed E-state index contributed by atoms with van der Waals surface area (Å²) in [4.78, 5) is 18.4. The molecular formula is C8H8N2O6. The molecule has 8 nitrogen and oxygen atoms in total. The fraction of sp³-hybridized carbons (Fsp3) is 0.250. The van der Waals surface area contributed by atoms with Gasteiger partial charge in [-0.1, -0.05) is 12.1 Å². The Balaban J connectivity index is 2.93. The number of nitrogens with zero attached hydrogens (tertiary/aromatic N) is 2. The zero-order valence-electron chi connectivity index (χ0n) is 8.23. The molecule has 1 aromatic carbocycles. The summed E-state index contributed by atoms with van der Waals surface area (Å²) in [6.45, 7) is 0. The first-order chi connectivity index (χ1) is 7.56. The highest BCUT2D eigenvalue weighted by atomic mass is 16.7. The molecule has 86 valence electrons. The third-order valence-electron chi connectivity index (χ3n) is 1.66. The molecule has 0 amide bonds. The van der Waals surface area contributed by atoms with Crippen LogP contribution in [0.2, 0.25) is 0 Å². The summed E-state index contributed by atoms with van der Waals surface area (Å²) in [7, 11) is 1.33. The molecule has 1 rings (SSSR count). The maximum atomic E-state index is 10.3. The molecule has 0 aliphatic carbocycles. The number of hydrogen-bond acceptors (Lipinski definition) is 6. The summed E-state index contributed by atoms with van der Waals surface area (Å²) >= 11 is 0. The zero-order valence-corrected chi connectivity index (χ0v) is 8.23. The van der Waals surface area contributed by atoms with Gasteiger partial charge in [0.15, 0.2) is 11.5 Å². The van der Waals surface area contributed by atoms with Crippen molar-refractivity contribution in [2.24, 2.45) is 0 Å². The first-order valence-electron chi connectivity index (χ1n) is 4.13. The molecule has 0 N–H and O–H groups in total. The van der Waals surface area contributed by atoms with E-state index in [1.807, 2.05) is 0 Å². The third kappa shape index (κ3) is 2.56. The van der Waals surface area contributed by atoms with Gasteiger partial charge in [0.1, 0.15) is 9.85 Å². The van der Waals surface area contributed by atoms with E-state index in [4.69, 9.17) is 4.74 Å². The Morgan fingerprint density at radius 3 is 2.06 bits per heavy atom. The Hall–Kier alpha value is -2.38. The zero-order chi connectivity index (χ0) is 12.1. The van der Waals surface area contributed by atoms with Crippen molar-refractivity contribution in [3.8, 4) is 11.5 Å². The summed E-state index contributed by atoms with van der Waals surface area (Å²) in [6.07, 6.45) is -2.34. The number of ether oxygens (including phenoxy) is 2. The van der Waals surface area contributed by atoms with E-state index in [2.05, 4.69) is 4.74 Å². The Bertz CT molecular complexity index is 393. The lowest BCUT2D eigenvalue weighted by Crippen LogP contribution is -2.34.